The minimum Gasteiger partial charge on any atom is -0.354 e. The lowest BCUT2D eigenvalue weighted by Gasteiger charge is -2.10. The first-order chi connectivity index (χ1) is 13.5. The van der Waals surface area contributed by atoms with E-state index in [9.17, 15) is 18.0 Å². The molecule has 3 heterocycles. The van der Waals surface area contributed by atoms with Crippen molar-refractivity contribution in [2.45, 2.75) is 6.54 Å². The van der Waals surface area contributed by atoms with Crippen LogP contribution in [0.25, 0.3) is 33.4 Å². The summed E-state index contributed by atoms with van der Waals surface area (Å²) in [4.78, 5) is 18.6. The first-order valence-corrected chi connectivity index (χ1v) is 8.64. The lowest BCUT2D eigenvalue weighted by Crippen LogP contribution is -2.03. The number of fused-ring (bicyclic) bond motifs is 2. The van der Waals surface area contributed by atoms with Gasteiger partial charge >= 0.3 is 0 Å². The second-order valence-electron chi connectivity index (χ2n) is 6.58. The van der Waals surface area contributed by atoms with E-state index < -0.39 is 17.5 Å². The van der Waals surface area contributed by atoms with E-state index in [1.165, 1.54) is 6.07 Å². The van der Waals surface area contributed by atoms with Crippen LogP contribution in [0.3, 0.4) is 0 Å². The quantitative estimate of drug-likeness (QED) is 0.517. The summed E-state index contributed by atoms with van der Waals surface area (Å²) in [5.41, 5.74) is 1.60. The van der Waals surface area contributed by atoms with Crippen molar-refractivity contribution >= 4 is 16.9 Å². The van der Waals surface area contributed by atoms with Gasteiger partial charge in [-0.05, 0) is 29.7 Å². The molecule has 2 aromatic carbocycles. The molecule has 1 aliphatic heterocycles. The molecule has 8 heteroatoms. The number of H-pyrrole nitrogens is 1. The predicted octanol–water partition coefficient (Wildman–Crippen LogP) is 3.90. The average molecular weight is 382 g/mol. The zero-order valence-corrected chi connectivity index (χ0v) is 14.4. The summed E-state index contributed by atoms with van der Waals surface area (Å²) in [5.74, 6) is -2.78. The van der Waals surface area contributed by atoms with Crippen LogP contribution in [0.4, 0.5) is 19.1 Å². The van der Waals surface area contributed by atoms with Crippen molar-refractivity contribution < 1.29 is 13.2 Å². The van der Waals surface area contributed by atoms with Gasteiger partial charge in [0.15, 0.2) is 11.6 Å². The number of hydrogen-bond donors (Lipinski definition) is 2. The molecular weight excluding hydrogens is 369 g/mol. The normalized spacial score (nSPS) is 13.0. The average Bonchev–Trinajstić information content (AvgIpc) is 3.25. The second-order valence-corrected chi connectivity index (χ2v) is 6.58. The third-order valence-corrected chi connectivity index (χ3v) is 4.83. The number of aromatic nitrogens is 3. The van der Waals surface area contributed by atoms with E-state index in [0.29, 0.717) is 41.9 Å². The van der Waals surface area contributed by atoms with E-state index in [0.717, 1.165) is 11.5 Å². The summed E-state index contributed by atoms with van der Waals surface area (Å²) in [7, 11) is 0. The summed E-state index contributed by atoms with van der Waals surface area (Å²) >= 11 is 0. The third kappa shape index (κ3) is 2.49. The van der Waals surface area contributed by atoms with Gasteiger partial charge in [0.1, 0.15) is 11.5 Å². The molecule has 0 saturated carbocycles. The highest BCUT2D eigenvalue weighted by atomic mass is 19.2. The highest BCUT2D eigenvalue weighted by Crippen LogP contribution is 2.38. The number of aromatic amines is 1. The number of imidazole rings is 1. The van der Waals surface area contributed by atoms with Crippen LogP contribution in [0.1, 0.15) is 0 Å². The lowest BCUT2D eigenvalue weighted by atomic mass is 10.0. The smallest absolute Gasteiger partial charge is 0.248 e. The van der Waals surface area contributed by atoms with Crippen molar-refractivity contribution in [3.05, 3.63) is 70.3 Å². The Kier molecular flexibility index (Phi) is 3.55. The van der Waals surface area contributed by atoms with Gasteiger partial charge in [0.2, 0.25) is 11.5 Å². The van der Waals surface area contributed by atoms with Crippen molar-refractivity contribution in [2.75, 3.05) is 11.9 Å². The summed E-state index contributed by atoms with van der Waals surface area (Å²) in [6.45, 7) is 1.23. The highest BCUT2D eigenvalue weighted by molar-refractivity contribution is 5.88. The molecule has 0 aliphatic carbocycles. The first-order valence-electron chi connectivity index (χ1n) is 8.64. The summed E-state index contributed by atoms with van der Waals surface area (Å²) in [5, 5.41) is 3.86. The van der Waals surface area contributed by atoms with Crippen molar-refractivity contribution in [3.8, 4) is 22.5 Å². The van der Waals surface area contributed by atoms with E-state index in [-0.39, 0.29) is 16.8 Å². The van der Waals surface area contributed by atoms with Crippen molar-refractivity contribution in [1.29, 1.82) is 0 Å². The van der Waals surface area contributed by atoms with Gasteiger partial charge in [0, 0.05) is 41.9 Å². The van der Waals surface area contributed by atoms with Gasteiger partial charge in [-0.15, -0.1) is 0 Å². The third-order valence-electron chi connectivity index (χ3n) is 4.83. The number of pyridine rings is 1. The lowest BCUT2D eigenvalue weighted by molar-refractivity contribution is 0.497. The molecule has 0 unspecified atom stereocenters. The Morgan fingerprint density at radius 3 is 2.75 bits per heavy atom. The molecule has 2 N–H and O–H groups in total. The van der Waals surface area contributed by atoms with Crippen molar-refractivity contribution in [3.63, 3.8) is 0 Å². The number of rotatable bonds is 2. The zero-order valence-electron chi connectivity index (χ0n) is 14.4. The predicted molar refractivity (Wildman–Crippen MR) is 99.6 cm³/mol. The van der Waals surface area contributed by atoms with E-state index in [1.807, 2.05) is 10.6 Å². The van der Waals surface area contributed by atoms with Crippen LogP contribution >= 0.6 is 0 Å². The molecule has 0 saturated heterocycles. The topological polar surface area (TPSA) is 62.7 Å². The molecule has 4 aromatic rings. The van der Waals surface area contributed by atoms with Crippen molar-refractivity contribution in [2.24, 2.45) is 0 Å². The first kappa shape index (κ1) is 16.6. The molecule has 5 nitrogen and oxygen atoms in total. The molecule has 0 radical (unpaired) electrons. The SMILES string of the molecule is O=c1ccc2cc(-c3c(-c4cc(F)cc(F)c4F)nc4n3CCN4)ccc2[nH]1. The number of anilines is 1. The van der Waals surface area contributed by atoms with Gasteiger partial charge in [-0.2, -0.15) is 0 Å². The Morgan fingerprint density at radius 1 is 1.04 bits per heavy atom. The molecule has 1 aliphatic rings. The van der Waals surface area contributed by atoms with Crippen LogP contribution in [0.5, 0.6) is 0 Å². The van der Waals surface area contributed by atoms with E-state index in [2.05, 4.69) is 15.3 Å². The highest BCUT2D eigenvalue weighted by Gasteiger charge is 2.26. The van der Waals surface area contributed by atoms with E-state index >= 15 is 0 Å². The molecule has 5 rings (SSSR count). The van der Waals surface area contributed by atoms with Crippen LogP contribution in [0, 0.1) is 17.5 Å². The fourth-order valence-electron chi connectivity index (χ4n) is 3.60. The minimum absolute atomic E-state index is 0.155. The number of nitrogens with zero attached hydrogens (tertiary/aromatic N) is 2. The molecule has 2 aromatic heterocycles. The van der Waals surface area contributed by atoms with Gasteiger partial charge < -0.3 is 14.9 Å². The van der Waals surface area contributed by atoms with Gasteiger partial charge in [-0.1, -0.05) is 6.07 Å². The van der Waals surface area contributed by atoms with Gasteiger partial charge in [0.05, 0.1) is 5.69 Å². The minimum atomic E-state index is -1.27. The Bertz CT molecular complexity index is 1310. The molecule has 0 spiro atoms. The Morgan fingerprint density at radius 2 is 1.89 bits per heavy atom. The van der Waals surface area contributed by atoms with E-state index in [4.69, 9.17) is 0 Å². The maximum atomic E-state index is 14.5. The molecular formula is C20H13F3N4O. The van der Waals surface area contributed by atoms with Crippen molar-refractivity contribution in [1.82, 2.24) is 14.5 Å². The molecule has 0 bridgehead atoms. The number of halogens is 3. The summed E-state index contributed by atoms with van der Waals surface area (Å²) < 4.78 is 43.9. The maximum Gasteiger partial charge on any atom is 0.248 e. The van der Waals surface area contributed by atoms with Crippen LogP contribution < -0.4 is 10.9 Å². The largest absolute Gasteiger partial charge is 0.354 e. The second kappa shape index (κ2) is 5.98. The maximum absolute atomic E-state index is 14.5. The van der Waals surface area contributed by atoms with Gasteiger partial charge in [-0.25, -0.2) is 18.2 Å². The summed E-state index contributed by atoms with van der Waals surface area (Å²) in [6.07, 6.45) is 0. The van der Waals surface area contributed by atoms with Crippen LogP contribution in [-0.2, 0) is 6.54 Å². The molecule has 28 heavy (non-hydrogen) atoms. The van der Waals surface area contributed by atoms with Gasteiger partial charge in [-0.3, -0.25) is 4.79 Å². The molecule has 0 atom stereocenters. The standard InChI is InChI=1S/C20H13F3N4O/c21-12-8-13(17(23)14(22)9-12)18-19(27-6-5-24-20(27)26-18)11-1-3-15-10(7-11)2-4-16(28)25-15/h1-4,7-9H,5-6H2,(H,24,26)(H,25,28). The molecule has 0 amide bonds. The van der Waals surface area contributed by atoms with Gasteiger partial charge in [0.25, 0.3) is 0 Å². The monoisotopic (exact) mass is 382 g/mol. The number of hydrogen-bond acceptors (Lipinski definition) is 3. The fraction of sp³-hybridized carbons (Fsp3) is 0.100. The van der Waals surface area contributed by atoms with Crippen LogP contribution in [0.15, 0.2) is 47.3 Å². The Hall–Kier alpha value is -3.55. The zero-order chi connectivity index (χ0) is 19.4. The number of benzene rings is 2. The van der Waals surface area contributed by atoms with Crippen LogP contribution in [-0.4, -0.2) is 21.1 Å². The summed E-state index contributed by atoms with van der Waals surface area (Å²) in [6, 6.07) is 9.87. The molecule has 140 valence electrons. The Labute approximate surface area is 156 Å². The number of nitrogens with one attached hydrogen (secondary N) is 2. The fourth-order valence-corrected chi connectivity index (χ4v) is 3.60. The van der Waals surface area contributed by atoms with Crippen LogP contribution in [0.2, 0.25) is 0 Å². The molecule has 0 fully saturated rings. The van der Waals surface area contributed by atoms with E-state index in [1.54, 1.807) is 18.2 Å². The Balaban J connectivity index is 1.79.